The van der Waals surface area contributed by atoms with Gasteiger partial charge in [0.15, 0.2) is 0 Å². The maximum Gasteiger partial charge on any atom is 0.250 e. The summed E-state index contributed by atoms with van der Waals surface area (Å²) in [5.74, 6) is -0.252. The molecule has 5 heteroatoms. The Morgan fingerprint density at radius 1 is 1.56 bits per heavy atom. The predicted octanol–water partition coefficient (Wildman–Crippen LogP) is 0.945. The summed E-state index contributed by atoms with van der Waals surface area (Å²) in [5, 5.41) is 9.20. The molecule has 5 nitrogen and oxygen atoms in total. The Kier molecular flexibility index (Phi) is 3.62. The molecule has 1 heterocycles. The van der Waals surface area contributed by atoms with Crippen molar-refractivity contribution >= 4 is 16.9 Å². The molecule has 0 aliphatic rings. The second-order valence-corrected chi connectivity index (χ2v) is 4.44. The molecule has 1 amide bonds. The zero-order chi connectivity index (χ0) is 13.1. The normalized spacial score (nSPS) is 12.6. The van der Waals surface area contributed by atoms with Crippen molar-refractivity contribution in [3.63, 3.8) is 0 Å². The third-order valence-corrected chi connectivity index (χ3v) is 2.95. The van der Waals surface area contributed by atoms with Crippen LogP contribution in [0.2, 0.25) is 0 Å². The van der Waals surface area contributed by atoms with E-state index in [1.807, 2.05) is 18.2 Å². The van der Waals surface area contributed by atoms with Crippen LogP contribution in [-0.4, -0.2) is 45.6 Å². The lowest BCUT2D eigenvalue weighted by Gasteiger charge is -2.18. The van der Waals surface area contributed by atoms with Gasteiger partial charge in [-0.2, -0.15) is 0 Å². The number of likely N-dealkylation sites (N-methyl/N-ethyl adjacent to an activating group) is 1. The molecular formula is C13H17N3O2. The molecule has 0 aliphatic heterocycles. The van der Waals surface area contributed by atoms with E-state index in [1.54, 1.807) is 18.3 Å². The fraction of sp³-hybridized carbons (Fsp3) is 0.385. The molecule has 0 saturated carbocycles. The molecule has 1 unspecified atom stereocenters. The molecule has 0 aliphatic carbocycles. The van der Waals surface area contributed by atoms with Crippen molar-refractivity contribution in [3.8, 4) is 0 Å². The van der Waals surface area contributed by atoms with Gasteiger partial charge in [0, 0.05) is 13.6 Å². The van der Waals surface area contributed by atoms with Crippen molar-refractivity contribution in [2.24, 2.45) is 0 Å². The molecule has 96 valence electrons. The number of aromatic nitrogens is 2. The average Bonchev–Trinajstić information content (AvgIpc) is 2.82. The minimum absolute atomic E-state index is 0.252. The fourth-order valence-corrected chi connectivity index (χ4v) is 1.86. The number of amides is 1. The minimum atomic E-state index is -0.940. The number of hydrogen-bond donors (Lipinski definition) is 2. The molecule has 1 aromatic carbocycles. The summed E-state index contributed by atoms with van der Waals surface area (Å²) in [5.41, 5.74) is 3.07. The molecule has 2 aromatic rings. The van der Waals surface area contributed by atoms with Gasteiger partial charge in [-0.25, -0.2) is 4.98 Å². The third-order valence-electron chi connectivity index (χ3n) is 2.95. The number of rotatable bonds is 4. The number of aliphatic hydroxyl groups is 1. The van der Waals surface area contributed by atoms with Gasteiger partial charge in [0.2, 0.25) is 0 Å². The van der Waals surface area contributed by atoms with Crippen molar-refractivity contribution < 1.29 is 9.90 Å². The van der Waals surface area contributed by atoms with Crippen LogP contribution in [0.15, 0.2) is 24.5 Å². The lowest BCUT2D eigenvalue weighted by Crippen LogP contribution is -2.35. The van der Waals surface area contributed by atoms with Gasteiger partial charge in [0.1, 0.15) is 6.10 Å². The molecule has 1 atom stereocenters. The first-order valence-corrected chi connectivity index (χ1v) is 5.93. The van der Waals surface area contributed by atoms with E-state index in [0.29, 0.717) is 6.54 Å². The summed E-state index contributed by atoms with van der Waals surface area (Å²) in [7, 11) is 1.70. The third kappa shape index (κ3) is 2.68. The monoisotopic (exact) mass is 247 g/mol. The van der Waals surface area contributed by atoms with Crippen LogP contribution >= 0.6 is 0 Å². The number of fused-ring (bicyclic) bond motifs is 1. The lowest BCUT2D eigenvalue weighted by atomic mass is 10.1. The number of carbonyl (C=O) groups is 1. The highest BCUT2D eigenvalue weighted by atomic mass is 16.3. The van der Waals surface area contributed by atoms with Crippen molar-refractivity contribution in [2.75, 3.05) is 13.6 Å². The van der Waals surface area contributed by atoms with Gasteiger partial charge in [-0.1, -0.05) is 6.07 Å². The van der Waals surface area contributed by atoms with E-state index in [9.17, 15) is 9.90 Å². The van der Waals surface area contributed by atoms with Crippen LogP contribution in [0.1, 0.15) is 12.5 Å². The Morgan fingerprint density at radius 2 is 2.33 bits per heavy atom. The molecule has 2 rings (SSSR count). The summed E-state index contributed by atoms with van der Waals surface area (Å²) in [6.45, 7) is 2.07. The van der Waals surface area contributed by atoms with E-state index in [0.717, 1.165) is 23.0 Å². The first-order valence-electron chi connectivity index (χ1n) is 5.93. The number of imidazole rings is 1. The summed E-state index contributed by atoms with van der Waals surface area (Å²) >= 11 is 0. The van der Waals surface area contributed by atoms with Gasteiger partial charge in [-0.3, -0.25) is 4.79 Å². The number of H-pyrrole nitrogens is 1. The van der Waals surface area contributed by atoms with Crippen molar-refractivity contribution in [3.05, 3.63) is 30.1 Å². The van der Waals surface area contributed by atoms with E-state index in [2.05, 4.69) is 9.97 Å². The molecule has 1 aromatic heterocycles. The summed E-state index contributed by atoms with van der Waals surface area (Å²) < 4.78 is 0. The van der Waals surface area contributed by atoms with Crippen LogP contribution in [0, 0.1) is 0 Å². The Balaban J connectivity index is 1.99. The second-order valence-electron chi connectivity index (χ2n) is 4.44. The molecule has 18 heavy (non-hydrogen) atoms. The zero-order valence-corrected chi connectivity index (χ0v) is 10.6. The Labute approximate surface area is 105 Å². The Bertz CT molecular complexity index is 548. The van der Waals surface area contributed by atoms with Crippen LogP contribution in [0.25, 0.3) is 11.0 Å². The number of carbonyl (C=O) groups excluding carboxylic acids is 1. The van der Waals surface area contributed by atoms with E-state index in [-0.39, 0.29) is 5.91 Å². The van der Waals surface area contributed by atoms with E-state index in [4.69, 9.17) is 0 Å². The summed E-state index contributed by atoms with van der Waals surface area (Å²) in [6, 6.07) is 5.99. The lowest BCUT2D eigenvalue weighted by molar-refractivity contribution is -0.137. The second kappa shape index (κ2) is 5.18. The summed E-state index contributed by atoms with van der Waals surface area (Å²) in [4.78, 5) is 20.2. The number of aliphatic hydroxyl groups excluding tert-OH is 1. The number of aromatic amines is 1. The zero-order valence-electron chi connectivity index (χ0n) is 10.6. The van der Waals surface area contributed by atoms with Crippen molar-refractivity contribution in [1.29, 1.82) is 0 Å². The molecule has 0 spiro atoms. The standard InChI is InChI=1S/C13H17N3O2/c1-9(17)13(18)16(2)6-5-10-3-4-11-12(7-10)15-8-14-11/h3-4,7-9,17H,5-6H2,1-2H3,(H,14,15). The SMILES string of the molecule is CC(O)C(=O)N(C)CCc1ccc2nc[nH]c2c1. The van der Waals surface area contributed by atoms with Crippen LogP contribution in [0.5, 0.6) is 0 Å². The van der Waals surface area contributed by atoms with Crippen LogP contribution in [0.3, 0.4) is 0 Å². The topological polar surface area (TPSA) is 69.2 Å². The molecule has 0 bridgehead atoms. The van der Waals surface area contributed by atoms with Crippen LogP contribution in [-0.2, 0) is 11.2 Å². The maximum atomic E-state index is 11.5. The van der Waals surface area contributed by atoms with Crippen LogP contribution < -0.4 is 0 Å². The largest absolute Gasteiger partial charge is 0.384 e. The molecule has 0 saturated heterocycles. The van der Waals surface area contributed by atoms with Gasteiger partial charge in [0.25, 0.3) is 5.91 Å². The predicted molar refractivity (Wildman–Crippen MR) is 69.1 cm³/mol. The average molecular weight is 247 g/mol. The Hall–Kier alpha value is -1.88. The summed E-state index contributed by atoms with van der Waals surface area (Å²) in [6.07, 6.45) is 1.48. The number of benzene rings is 1. The maximum absolute atomic E-state index is 11.5. The molecular weight excluding hydrogens is 230 g/mol. The first kappa shape index (κ1) is 12.6. The van der Waals surface area contributed by atoms with E-state index >= 15 is 0 Å². The first-order chi connectivity index (χ1) is 8.58. The number of hydrogen-bond acceptors (Lipinski definition) is 3. The molecule has 2 N–H and O–H groups in total. The van der Waals surface area contributed by atoms with Crippen molar-refractivity contribution in [1.82, 2.24) is 14.9 Å². The van der Waals surface area contributed by atoms with Gasteiger partial charge < -0.3 is 15.0 Å². The highest BCUT2D eigenvalue weighted by Gasteiger charge is 2.13. The smallest absolute Gasteiger partial charge is 0.250 e. The molecule has 0 radical (unpaired) electrons. The van der Waals surface area contributed by atoms with Crippen molar-refractivity contribution in [2.45, 2.75) is 19.4 Å². The highest BCUT2D eigenvalue weighted by molar-refractivity contribution is 5.80. The van der Waals surface area contributed by atoms with E-state index < -0.39 is 6.10 Å². The molecule has 0 fully saturated rings. The Morgan fingerprint density at radius 3 is 3.06 bits per heavy atom. The quantitative estimate of drug-likeness (QED) is 0.845. The van der Waals surface area contributed by atoms with Crippen LogP contribution in [0.4, 0.5) is 0 Å². The van der Waals surface area contributed by atoms with Gasteiger partial charge in [-0.15, -0.1) is 0 Å². The van der Waals surface area contributed by atoms with Gasteiger partial charge in [-0.05, 0) is 31.0 Å². The van der Waals surface area contributed by atoms with E-state index in [1.165, 1.54) is 6.92 Å². The number of nitrogens with zero attached hydrogens (tertiary/aromatic N) is 2. The van der Waals surface area contributed by atoms with Gasteiger partial charge >= 0.3 is 0 Å². The minimum Gasteiger partial charge on any atom is -0.384 e. The fourth-order valence-electron chi connectivity index (χ4n) is 1.86. The number of nitrogens with one attached hydrogen (secondary N) is 1. The highest BCUT2D eigenvalue weighted by Crippen LogP contribution is 2.12. The van der Waals surface area contributed by atoms with Gasteiger partial charge in [0.05, 0.1) is 17.4 Å².